The number of fused-ring (bicyclic) bond motifs is 1. The van der Waals surface area contributed by atoms with Crippen LogP contribution in [0.4, 0.5) is 5.69 Å². The molecule has 92 valence electrons. The van der Waals surface area contributed by atoms with Gasteiger partial charge in [0.15, 0.2) is 0 Å². The Labute approximate surface area is 110 Å². The molecule has 0 saturated carbocycles. The van der Waals surface area contributed by atoms with Crippen LogP contribution in [0.2, 0.25) is 0 Å². The second kappa shape index (κ2) is 4.53. The molecule has 0 radical (unpaired) electrons. The molecule has 1 aromatic carbocycles. The van der Waals surface area contributed by atoms with Crippen molar-refractivity contribution < 1.29 is 4.92 Å². The lowest BCUT2D eigenvalue weighted by Crippen LogP contribution is -1.90. The average molecular weight is 249 g/mol. The van der Waals surface area contributed by atoms with Gasteiger partial charge in [-0.1, -0.05) is 54.6 Å². The van der Waals surface area contributed by atoms with Crippen LogP contribution in [0.3, 0.4) is 0 Å². The molecule has 0 aliphatic heterocycles. The summed E-state index contributed by atoms with van der Waals surface area (Å²) < 4.78 is 0. The molecular weight excluding hydrogens is 238 g/mol. The summed E-state index contributed by atoms with van der Waals surface area (Å²) in [5.41, 5.74) is 3.89. The molecule has 0 spiro atoms. The molecule has 0 unspecified atom stereocenters. The summed E-state index contributed by atoms with van der Waals surface area (Å²) in [5, 5.41) is 11.1. The summed E-state index contributed by atoms with van der Waals surface area (Å²) in [6.45, 7) is 0. The number of nitro benzene ring substituents is 1. The fraction of sp³-hybridized carbons (Fsp3) is 0. The molecule has 0 N–H and O–H groups in total. The fourth-order valence-electron chi connectivity index (χ4n) is 2.22. The number of benzene rings is 1. The Morgan fingerprint density at radius 2 is 1.26 bits per heavy atom. The van der Waals surface area contributed by atoms with E-state index in [1.54, 1.807) is 12.1 Å². The van der Waals surface area contributed by atoms with Gasteiger partial charge in [-0.2, -0.15) is 0 Å². The van der Waals surface area contributed by atoms with Crippen molar-refractivity contribution in [1.82, 2.24) is 0 Å². The predicted molar refractivity (Wildman–Crippen MR) is 75.2 cm³/mol. The molecule has 3 nitrogen and oxygen atoms in total. The van der Waals surface area contributed by atoms with Crippen molar-refractivity contribution in [2.45, 2.75) is 0 Å². The minimum Gasteiger partial charge on any atom is -0.258 e. The van der Waals surface area contributed by atoms with Crippen molar-refractivity contribution in [1.29, 1.82) is 0 Å². The predicted octanol–water partition coefficient (Wildman–Crippen LogP) is 4.37. The molecule has 3 rings (SSSR count). The Balaban J connectivity index is 2.20. The van der Waals surface area contributed by atoms with E-state index in [4.69, 9.17) is 0 Å². The molecule has 0 aromatic heterocycles. The van der Waals surface area contributed by atoms with E-state index in [0.29, 0.717) is 5.56 Å². The molecule has 0 saturated heterocycles. The largest absolute Gasteiger partial charge is 0.277 e. The Bertz CT molecular complexity index is 691. The smallest absolute Gasteiger partial charge is 0.258 e. The Kier molecular flexibility index (Phi) is 2.72. The van der Waals surface area contributed by atoms with E-state index in [1.807, 2.05) is 48.5 Å². The van der Waals surface area contributed by atoms with Gasteiger partial charge in [-0.3, -0.25) is 10.1 Å². The minimum absolute atomic E-state index is 0.133. The molecule has 2 aliphatic carbocycles. The maximum Gasteiger partial charge on any atom is 0.277 e. The normalized spacial score (nSPS) is 10.5. The monoisotopic (exact) mass is 249 g/mol. The highest BCUT2D eigenvalue weighted by Crippen LogP contribution is 2.31. The maximum absolute atomic E-state index is 11.1. The van der Waals surface area contributed by atoms with Crippen molar-refractivity contribution in [3.8, 4) is 22.3 Å². The molecule has 19 heavy (non-hydrogen) atoms. The van der Waals surface area contributed by atoms with Crippen molar-refractivity contribution >= 4 is 5.69 Å². The number of hydrogen-bond donors (Lipinski definition) is 0. The van der Waals surface area contributed by atoms with E-state index in [2.05, 4.69) is 0 Å². The van der Waals surface area contributed by atoms with Gasteiger partial charge in [0.1, 0.15) is 0 Å². The van der Waals surface area contributed by atoms with E-state index in [9.17, 15) is 10.1 Å². The Morgan fingerprint density at radius 1 is 0.684 bits per heavy atom. The van der Waals surface area contributed by atoms with Gasteiger partial charge in [0.25, 0.3) is 5.69 Å². The highest BCUT2D eigenvalue weighted by Gasteiger charge is 2.13. The fourth-order valence-corrected chi connectivity index (χ4v) is 2.22. The first-order valence-corrected chi connectivity index (χ1v) is 5.98. The van der Waals surface area contributed by atoms with Crippen LogP contribution in [-0.2, 0) is 0 Å². The first kappa shape index (κ1) is 11.4. The van der Waals surface area contributed by atoms with Gasteiger partial charge in [-0.25, -0.2) is 0 Å². The lowest BCUT2D eigenvalue weighted by molar-refractivity contribution is -0.384. The third-order valence-electron chi connectivity index (χ3n) is 3.18. The zero-order chi connectivity index (χ0) is 13.2. The number of hydrogen-bond acceptors (Lipinski definition) is 2. The first-order valence-electron chi connectivity index (χ1n) is 5.98. The van der Waals surface area contributed by atoms with Crippen LogP contribution in [0.5, 0.6) is 0 Å². The van der Waals surface area contributed by atoms with Gasteiger partial charge >= 0.3 is 0 Å². The molecule has 0 fully saturated rings. The van der Waals surface area contributed by atoms with Gasteiger partial charge in [-0.15, -0.1) is 0 Å². The van der Waals surface area contributed by atoms with Gasteiger partial charge < -0.3 is 0 Å². The van der Waals surface area contributed by atoms with Gasteiger partial charge in [0.2, 0.25) is 0 Å². The van der Waals surface area contributed by atoms with Gasteiger partial charge in [0, 0.05) is 6.07 Å². The summed E-state index contributed by atoms with van der Waals surface area (Å²) in [6.07, 6.45) is 0. The zero-order valence-corrected chi connectivity index (χ0v) is 10.1. The topological polar surface area (TPSA) is 43.1 Å². The summed E-state index contributed by atoms with van der Waals surface area (Å²) in [4.78, 5) is 10.7. The lowest BCUT2D eigenvalue weighted by Gasteiger charge is -2.00. The number of nitro groups is 1. The van der Waals surface area contributed by atoms with Crippen LogP contribution in [-0.4, -0.2) is 4.92 Å². The SMILES string of the molecule is O=[N+]([O-])c1ccccc1-c1ccc2cccc-2cc1. The molecular formula is C16H11NO2. The summed E-state index contributed by atoms with van der Waals surface area (Å²) in [6, 6.07) is 20.7. The molecule has 3 heteroatoms. The number of nitrogens with zero attached hydrogens (tertiary/aromatic N) is 1. The van der Waals surface area contributed by atoms with Crippen LogP contribution >= 0.6 is 0 Å². The Hall–Kier alpha value is -2.68. The molecule has 1 aromatic rings. The lowest BCUT2D eigenvalue weighted by atomic mass is 10.1. The van der Waals surface area contributed by atoms with Crippen LogP contribution in [0.25, 0.3) is 22.3 Å². The number of para-hydroxylation sites is 1. The van der Waals surface area contributed by atoms with Crippen molar-refractivity contribution in [3.05, 3.63) is 76.8 Å². The summed E-state index contributed by atoms with van der Waals surface area (Å²) in [5.74, 6) is 0. The molecule has 2 aliphatic rings. The highest BCUT2D eigenvalue weighted by atomic mass is 16.6. The van der Waals surface area contributed by atoms with Crippen molar-refractivity contribution in [2.24, 2.45) is 0 Å². The summed E-state index contributed by atoms with van der Waals surface area (Å²) in [7, 11) is 0. The highest BCUT2D eigenvalue weighted by molar-refractivity contribution is 5.76. The average Bonchev–Trinajstić information content (AvgIpc) is 2.78. The first-order chi connectivity index (χ1) is 9.25. The van der Waals surface area contributed by atoms with E-state index >= 15 is 0 Å². The second-order valence-corrected chi connectivity index (χ2v) is 4.33. The van der Waals surface area contributed by atoms with Crippen molar-refractivity contribution in [3.63, 3.8) is 0 Å². The van der Waals surface area contributed by atoms with Crippen LogP contribution in [0, 0.1) is 10.1 Å². The molecule has 0 heterocycles. The van der Waals surface area contributed by atoms with E-state index in [0.717, 1.165) is 16.7 Å². The minimum atomic E-state index is -0.345. The van der Waals surface area contributed by atoms with Crippen molar-refractivity contribution in [2.75, 3.05) is 0 Å². The zero-order valence-electron chi connectivity index (χ0n) is 10.1. The molecule has 0 amide bonds. The maximum atomic E-state index is 11.1. The third-order valence-corrected chi connectivity index (χ3v) is 3.18. The standard InChI is InChI=1S/C16H11NO2/c18-17(19)16-7-2-1-6-15(16)14-10-8-12-4-3-5-13(12)9-11-14/h1-11H. The second-order valence-electron chi connectivity index (χ2n) is 4.33. The van der Waals surface area contributed by atoms with E-state index in [1.165, 1.54) is 6.07 Å². The number of rotatable bonds is 2. The van der Waals surface area contributed by atoms with E-state index in [-0.39, 0.29) is 10.6 Å². The van der Waals surface area contributed by atoms with Gasteiger partial charge in [-0.05, 0) is 22.8 Å². The van der Waals surface area contributed by atoms with Gasteiger partial charge in [0.05, 0.1) is 10.5 Å². The Morgan fingerprint density at radius 3 is 1.89 bits per heavy atom. The molecule has 0 atom stereocenters. The summed E-state index contributed by atoms with van der Waals surface area (Å²) >= 11 is 0. The third kappa shape index (κ3) is 2.06. The molecule has 0 bridgehead atoms. The van der Waals surface area contributed by atoms with Crippen LogP contribution in [0.15, 0.2) is 66.7 Å². The van der Waals surface area contributed by atoms with Crippen LogP contribution < -0.4 is 0 Å². The van der Waals surface area contributed by atoms with E-state index < -0.39 is 0 Å². The van der Waals surface area contributed by atoms with Crippen LogP contribution in [0.1, 0.15) is 0 Å². The quantitative estimate of drug-likeness (QED) is 0.500.